The lowest BCUT2D eigenvalue weighted by Gasteiger charge is -2.41. The summed E-state index contributed by atoms with van der Waals surface area (Å²) < 4.78 is 0.832. The fourth-order valence-corrected chi connectivity index (χ4v) is 6.17. The molecule has 2 saturated carbocycles. The summed E-state index contributed by atoms with van der Waals surface area (Å²) in [5.41, 5.74) is 0.0474. The third kappa shape index (κ3) is 5.15. The summed E-state index contributed by atoms with van der Waals surface area (Å²) in [5, 5.41) is 13.1. The lowest BCUT2D eigenvalue weighted by atomic mass is 9.89. The number of hydrogen-bond acceptors (Lipinski definition) is 6. The predicted octanol–water partition coefficient (Wildman–Crippen LogP) is 5.21. The highest BCUT2D eigenvalue weighted by Gasteiger charge is 2.32. The van der Waals surface area contributed by atoms with Crippen molar-refractivity contribution in [3.05, 3.63) is 18.1 Å². The van der Waals surface area contributed by atoms with E-state index in [0.717, 1.165) is 29.9 Å². The van der Waals surface area contributed by atoms with E-state index >= 15 is 0 Å². The van der Waals surface area contributed by atoms with Crippen molar-refractivity contribution in [2.45, 2.75) is 85.7 Å². The number of carboxylic acids is 1. The van der Waals surface area contributed by atoms with Crippen LogP contribution in [0.3, 0.4) is 0 Å². The lowest BCUT2D eigenvalue weighted by Crippen LogP contribution is -2.50. The highest BCUT2D eigenvalue weighted by atomic mass is 32.2. The van der Waals surface area contributed by atoms with Crippen molar-refractivity contribution in [3.63, 3.8) is 0 Å². The molecule has 0 atom stereocenters. The van der Waals surface area contributed by atoms with Gasteiger partial charge < -0.3 is 15.0 Å². The second-order valence-electron chi connectivity index (χ2n) is 7.91. The lowest BCUT2D eigenvalue weighted by molar-refractivity contribution is 0.0690. The quantitative estimate of drug-likeness (QED) is 0.558. The maximum absolute atomic E-state index is 13.2. The molecule has 8 nitrogen and oxygen atoms in total. The number of H-pyrrole nitrogens is 1. The maximum Gasteiger partial charge on any atom is 0.353 e. The zero-order valence-electron chi connectivity index (χ0n) is 16.8. The Kier molecular flexibility index (Phi) is 6.93. The van der Waals surface area contributed by atoms with Crippen LogP contribution in [0.5, 0.6) is 0 Å². The summed E-state index contributed by atoms with van der Waals surface area (Å²) >= 11 is 2.67. The second-order valence-corrected chi connectivity index (χ2v) is 10.2. The van der Waals surface area contributed by atoms with E-state index < -0.39 is 5.97 Å². The first-order chi connectivity index (χ1) is 14.6. The summed E-state index contributed by atoms with van der Waals surface area (Å²) in [6.07, 6.45) is 14.6. The van der Waals surface area contributed by atoms with Gasteiger partial charge in [0.1, 0.15) is 5.69 Å². The number of carbonyl (C=O) groups excluding carboxylic acids is 1. The van der Waals surface area contributed by atoms with E-state index in [1.165, 1.54) is 67.8 Å². The van der Waals surface area contributed by atoms with Crippen LogP contribution in [0, 0.1) is 0 Å². The van der Waals surface area contributed by atoms with Crippen LogP contribution in [0.1, 0.15) is 74.7 Å². The van der Waals surface area contributed by atoms with Crippen LogP contribution in [-0.4, -0.2) is 49.0 Å². The molecule has 2 aliphatic carbocycles. The smallest absolute Gasteiger partial charge is 0.353 e. The SMILES string of the molecule is O=C(O)c1cnc(Sc2cnc(NC(=O)N(C3CCCCC3)C3CCCCC3)s2)[nH]1. The number of aromatic carboxylic acids is 1. The number of rotatable bonds is 6. The number of hydrogen-bond donors (Lipinski definition) is 3. The third-order valence-electron chi connectivity index (χ3n) is 5.85. The maximum atomic E-state index is 13.2. The normalized spacial score (nSPS) is 18.3. The van der Waals surface area contributed by atoms with E-state index in [2.05, 4.69) is 25.2 Å². The van der Waals surface area contributed by atoms with Gasteiger partial charge in [-0.15, -0.1) is 0 Å². The highest BCUT2D eigenvalue weighted by molar-refractivity contribution is 8.01. The van der Waals surface area contributed by atoms with Gasteiger partial charge in [0, 0.05) is 12.1 Å². The molecule has 0 bridgehead atoms. The van der Waals surface area contributed by atoms with Crippen LogP contribution in [-0.2, 0) is 0 Å². The van der Waals surface area contributed by atoms with Gasteiger partial charge in [0.2, 0.25) is 0 Å². The molecule has 3 N–H and O–H groups in total. The number of carboxylic acid groups (broad SMARTS) is 1. The van der Waals surface area contributed by atoms with Gasteiger partial charge in [-0.1, -0.05) is 49.9 Å². The summed E-state index contributed by atoms with van der Waals surface area (Å²) in [6, 6.07) is 0.618. The Morgan fingerprint density at radius 1 is 1.03 bits per heavy atom. The average molecular weight is 450 g/mol. The van der Waals surface area contributed by atoms with E-state index in [-0.39, 0.29) is 11.7 Å². The molecule has 0 unspecified atom stereocenters. The Bertz CT molecular complexity index is 853. The molecule has 0 spiro atoms. The van der Waals surface area contributed by atoms with Gasteiger partial charge in [0.15, 0.2) is 10.3 Å². The van der Waals surface area contributed by atoms with Gasteiger partial charge in [0.05, 0.1) is 16.6 Å². The summed E-state index contributed by atoms with van der Waals surface area (Å²) in [5.74, 6) is -1.04. The molecular formula is C20H27N5O3S2. The Balaban J connectivity index is 1.42. The van der Waals surface area contributed by atoms with Crippen molar-refractivity contribution in [1.82, 2.24) is 19.9 Å². The summed E-state index contributed by atoms with van der Waals surface area (Å²) in [4.78, 5) is 37.5. The Morgan fingerprint density at radius 3 is 2.23 bits per heavy atom. The molecule has 2 heterocycles. The van der Waals surface area contributed by atoms with Crippen LogP contribution in [0.2, 0.25) is 0 Å². The minimum atomic E-state index is -1.04. The Morgan fingerprint density at radius 2 is 1.67 bits per heavy atom. The number of aromatic nitrogens is 3. The number of anilines is 1. The monoisotopic (exact) mass is 449 g/mol. The Labute approximate surface area is 183 Å². The van der Waals surface area contributed by atoms with Gasteiger partial charge in [-0.3, -0.25) is 5.32 Å². The molecule has 2 amide bonds. The van der Waals surface area contributed by atoms with Crippen LogP contribution in [0.15, 0.2) is 21.8 Å². The van der Waals surface area contributed by atoms with E-state index in [1.54, 1.807) is 6.20 Å². The van der Waals surface area contributed by atoms with Crippen LogP contribution < -0.4 is 5.32 Å². The van der Waals surface area contributed by atoms with Crippen molar-refractivity contribution < 1.29 is 14.7 Å². The zero-order chi connectivity index (χ0) is 20.9. The molecule has 162 valence electrons. The summed E-state index contributed by atoms with van der Waals surface area (Å²) in [6.45, 7) is 0. The van der Waals surface area contributed by atoms with E-state index in [4.69, 9.17) is 5.11 Å². The van der Waals surface area contributed by atoms with E-state index in [1.807, 2.05) is 0 Å². The minimum Gasteiger partial charge on any atom is -0.477 e. The molecule has 0 aliphatic heterocycles. The molecule has 2 aromatic heterocycles. The molecule has 0 saturated heterocycles. The van der Waals surface area contributed by atoms with Crippen molar-refractivity contribution in [3.8, 4) is 0 Å². The van der Waals surface area contributed by atoms with E-state index in [9.17, 15) is 9.59 Å². The number of nitrogens with one attached hydrogen (secondary N) is 2. The first kappa shape index (κ1) is 21.2. The first-order valence-corrected chi connectivity index (χ1v) is 12.2. The fourth-order valence-electron chi connectivity index (χ4n) is 4.43. The van der Waals surface area contributed by atoms with Gasteiger partial charge in [-0.2, -0.15) is 0 Å². The Hall–Kier alpha value is -2.07. The molecular weight excluding hydrogens is 422 g/mol. The molecule has 0 radical (unpaired) electrons. The van der Waals surface area contributed by atoms with Crippen LogP contribution in [0.4, 0.5) is 9.93 Å². The number of nitrogens with zero attached hydrogens (tertiary/aromatic N) is 3. The van der Waals surface area contributed by atoms with Crippen LogP contribution >= 0.6 is 23.1 Å². The standard InChI is InChI=1S/C20H27N5O3S2/c26-17(27)15-11-21-18(23-15)29-16-12-22-19(30-16)24-20(28)25(13-7-3-1-4-8-13)14-9-5-2-6-10-14/h11-14H,1-10H2,(H,21,23)(H,26,27)(H,22,24,28). The average Bonchev–Trinajstić information content (AvgIpc) is 3.40. The second kappa shape index (κ2) is 9.82. The topological polar surface area (TPSA) is 111 Å². The third-order valence-corrected chi connectivity index (χ3v) is 7.76. The zero-order valence-corrected chi connectivity index (χ0v) is 18.4. The van der Waals surface area contributed by atoms with Gasteiger partial charge in [-0.05, 0) is 37.4 Å². The van der Waals surface area contributed by atoms with Crippen molar-refractivity contribution in [2.75, 3.05) is 5.32 Å². The molecule has 0 aromatic carbocycles. The predicted molar refractivity (Wildman–Crippen MR) is 116 cm³/mol. The molecule has 2 fully saturated rings. The van der Waals surface area contributed by atoms with Crippen LogP contribution in [0.25, 0.3) is 0 Å². The number of urea groups is 1. The number of amides is 2. The van der Waals surface area contributed by atoms with Crippen molar-refractivity contribution in [2.24, 2.45) is 0 Å². The molecule has 2 aliphatic rings. The first-order valence-electron chi connectivity index (χ1n) is 10.6. The largest absolute Gasteiger partial charge is 0.477 e. The number of aromatic amines is 1. The van der Waals surface area contributed by atoms with Gasteiger partial charge in [0.25, 0.3) is 0 Å². The van der Waals surface area contributed by atoms with Gasteiger partial charge >= 0.3 is 12.0 Å². The van der Waals surface area contributed by atoms with Crippen molar-refractivity contribution >= 4 is 40.2 Å². The molecule has 4 rings (SSSR count). The van der Waals surface area contributed by atoms with Crippen molar-refractivity contribution in [1.29, 1.82) is 0 Å². The number of carbonyl (C=O) groups is 2. The summed E-state index contributed by atoms with van der Waals surface area (Å²) in [7, 11) is 0. The number of thiazole rings is 1. The molecule has 30 heavy (non-hydrogen) atoms. The fraction of sp³-hybridized carbons (Fsp3) is 0.600. The number of imidazole rings is 1. The minimum absolute atomic E-state index is 0.0362. The highest BCUT2D eigenvalue weighted by Crippen LogP contribution is 2.34. The van der Waals surface area contributed by atoms with Gasteiger partial charge in [-0.25, -0.2) is 19.6 Å². The van der Waals surface area contributed by atoms with E-state index in [0.29, 0.717) is 22.4 Å². The molecule has 2 aromatic rings. The molecule has 10 heteroatoms.